The molecule has 2 aromatic heterocycles. The molecule has 0 fully saturated rings. The van der Waals surface area contributed by atoms with Crippen LogP contribution in [0.5, 0.6) is 0 Å². The van der Waals surface area contributed by atoms with Gasteiger partial charge in [0, 0.05) is 10.8 Å². The van der Waals surface area contributed by atoms with E-state index in [9.17, 15) is 5.21 Å². The maximum Gasteiger partial charge on any atom is 0.292 e. The summed E-state index contributed by atoms with van der Waals surface area (Å²) >= 11 is 0. The van der Waals surface area contributed by atoms with E-state index in [0.717, 1.165) is 21.8 Å². The van der Waals surface area contributed by atoms with Gasteiger partial charge >= 0.3 is 0 Å². The van der Waals surface area contributed by atoms with Crippen LogP contribution in [0.3, 0.4) is 0 Å². The summed E-state index contributed by atoms with van der Waals surface area (Å²) in [6.45, 7) is 0. The van der Waals surface area contributed by atoms with Crippen molar-refractivity contribution in [2.24, 2.45) is 0 Å². The molecule has 4 aromatic rings. The molecule has 0 bridgehead atoms. The summed E-state index contributed by atoms with van der Waals surface area (Å²) in [6.07, 6.45) is 0. The van der Waals surface area contributed by atoms with Gasteiger partial charge in [-0.05, 0) is 18.2 Å². The van der Waals surface area contributed by atoms with Crippen molar-refractivity contribution in [3.63, 3.8) is 0 Å². The van der Waals surface area contributed by atoms with E-state index in [1.54, 1.807) is 0 Å². The smallest absolute Gasteiger partial charge is 0.292 e. The summed E-state index contributed by atoms with van der Waals surface area (Å²) < 4.78 is 1.21. The predicted octanol–water partition coefficient (Wildman–Crippen LogP) is 2.58. The maximum atomic E-state index is 10.5. The van der Waals surface area contributed by atoms with Gasteiger partial charge in [-0.15, -0.1) is 0 Å². The van der Waals surface area contributed by atoms with Crippen molar-refractivity contribution in [2.75, 3.05) is 5.73 Å². The Morgan fingerprint density at radius 2 is 1.63 bits per heavy atom. The lowest BCUT2D eigenvalue weighted by atomic mass is 10.1. The monoisotopic (exact) mass is 250 g/mol. The first-order valence-corrected chi connectivity index (χ1v) is 6.09. The Morgan fingerprint density at radius 1 is 0.947 bits per heavy atom. The number of nitrogen functional groups attached to an aromatic ring is 1. The summed E-state index contributed by atoms with van der Waals surface area (Å²) in [5.41, 5.74) is 10.0. The molecule has 2 heterocycles. The lowest BCUT2D eigenvalue weighted by Gasteiger charge is -2.00. The molecule has 0 spiro atoms. The highest BCUT2D eigenvalue weighted by Crippen LogP contribution is 2.30. The van der Waals surface area contributed by atoms with Crippen LogP contribution in [0.2, 0.25) is 0 Å². The van der Waals surface area contributed by atoms with E-state index in [2.05, 4.69) is 4.98 Å². The molecule has 0 aliphatic heterocycles. The first-order chi connectivity index (χ1) is 9.27. The van der Waals surface area contributed by atoms with E-state index in [0.29, 0.717) is 16.7 Å². The number of aromatic nitrogens is 2. The van der Waals surface area contributed by atoms with Crippen molar-refractivity contribution in [3.05, 3.63) is 48.5 Å². The maximum absolute atomic E-state index is 10.5. The highest BCUT2D eigenvalue weighted by molar-refractivity contribution is 6.12. The minimum absolute atomic E-state index is 0.659. The Kier molecular flexibility index (Phi) is 1.82. The van der Waals surface area contributed by atoms with Crippen LogP contribution in [0.1, 0.15) is 0 Å². The van der Waals surface area contributed by atoms with Crippen molar-refractivity contribution in [1.82, 2.24) is 4.98 Å². The summed E-state index contributed by atoms with van der Waals surface area (Å²) in [4.78, 5) is 3.27. The number of nitrogens with zero attached hydrogens (tertiary/aromatic N) is 1. The van der Waals surface area contributed by atoms with Crippen LogP contribution < -0.4 is 10.5 Å². The number of H-pyrrole nitrogens is 1. The number of aromatic amines is 1. The van der Waals surface area contributed by atoms with Crippen LogP contribution in [0.15, 0.2) is 48.5 Å². The second-order valence-corrected chi connectivity index (χ2v) is 4.64. The van der Waals surface area contributed by atoms with E-state index >= 15 is 0 Å². The number of fused-ring (bicyclic) bond motifs is 4. The number of nitrogens with two attached hydrogens (primary N) is 1. The lowest BCUT2D eigenvalue weighted by molar-refractivity contribution is -0.863. The molecule has 0 aliphatic carbocycles. The number of hydrogen-bond donors (Lipinski definition) is 3. The van der Waals surface area contributed by atoms with Crippen LogP contribution in [-0.2, 0) is 0 Å². The summed E-state index contributed by atoms with van der Waals surface area (Å²) in [7, 11) is 0. The fourth-order valence-electron chi connectivity index (χ4n) is 2.68. The number of benzene rings is 2. The van der Waals surface area contributed by atoms with Gasteiger partial charge in [0.25, 0.3) is 11.0 Å². The van der Waals surface area contributed by atoms with Gasteiger partial charge in [-0.25, -0.2) is 0 Å². The van der Waals surface area contributed by atoms with Crippen molar-refractivity contribution < 1.29 is 9.94 Å². The van der Waals surface area contributed by atoms with Gasteiger partial charge in [-0.1, -0.05) is 24.3 Å². The molecule has 0 unspecified atom stereocenters. The molecular weight excluding hydrogens is 238 g/mol. The second-order valence-electron chi connectivity index (χ2n) is 4.64. The average Bonchev–Trinajstić information content (AvgIpc) is 2.84. The largest absolute Gasteiger partial charge is 0.396 e. The highest BCUT2D eigenvalue weighted by atomic mass is 16.5. The minimum Gasteiger partial charge on any atom is -0.396 e. The normalized spacial score (nSPS) is 11.6. The average molecular weight is 250 g/mol. The summed E-state index contributed by atoms with van der Waals surface area (Å²) in [6, 6.07) is 15.4. The van der Waals surface area contributed by atoms with Crippen LogP contribution in [0.4, 0.5) is 5.69 Å². The molecule has 4 rings (SSSR count). The van der Waals surface area contributed by atoms with Gasteiger partial charge in [0.2, 0.25) is 0 Å². The molecular formula is C15H12N3O+. The van der Waals surface area contributed by atoms with E-state index in [1.165, 1.54) is 4.73 Å². The van der Waals surface area contributed by atoms with E-state index in [4.69, 9.17) is 5.73 Å². The molecule has 0 amide bonds. The molecule has 0 radical (unpaired) electrons. The third kappa shape index (κ3) is 1.20. The van der Waals surface area contributed by atoms with Crippen LogP contribution in [0, 0.1) is 0 Å². The Bertz CT molecular complexity index is 940. The van der Waals surface area contributed by atoms with Crippen molar-refractivity contribution in [3.8, 4) is 0 Å². The first-order valence-electron chi connectivity index (χ1n) is 6.09. The first kappa shape index (κ1) is 10.2. The van der Waals surface area contributed by atoms with Gasteiger partial charge in [0.1, 0.15) is 5.52 Å². The van der Waals surface area contributed by atoms with Crippen molar-refractivity contribution in [2.45, 2.75) is 0 Å². The zero-order valence-electron chi connectivity index (χ0n) is 10.1. The van der Waals surface area contributed by atoms with Gasteiger partial charge in [0.15, 0.2) is 0 Å². The number of rotatable bonds is 0. The van der Waals surface area contributed by atoms with Gasteiger partial charge in [0.05, 0.1) is 22.0 Å². The minimum atomic E-state index is 0.659. The van der Waals surface area contributed by atoms with E-state index in [-0.39, 0.29) is 0 Å². The SMILES string of the molecule is Nc1c2ccccc2[n+](O)c2c1[nH]c1ccccc12. The Labute approximate surface area is 108 Å². The standard InChI is InChI=1S/C15H11N3O/c16-13-10-6-2-4-8-12(10)18(19)15-9-5-1-3-7-11(9)17-14(13)15/h1-8,19H,(H2,16,17)/p+1. The van der Waals surface area contributed by atoms with Crippen molar-refractivity contribution >= 4 is 38.5 Å². The van der Waals surface area contributed by atoms with Crippen LogP contribution in [0.25, 0.3) is 32.8 Å². The fourth-order valence-corrected chi connectivity index (χ4v) is 2.68. The van der Waals surface area contributed by atoms with E-state index < -0.39 is 0 Å². The predicted molar refractivity (Wildman–Crippen MR) is 75.1 cm³/mol. The zero-order valence-corrected chi connectivity index (χ0v) is 10.1. The summed E-state index contributed by atoms with van der Waals surface area (Å²) in [5, 5.41) is 12.3. The Hall–Kier alpha value is -2.75. The molecule has 4 N–H and O–H groups in total. The fraction of sp³-hybridized carbons (Fsp3) is 0. The molecule has 4 nitrogen and oxygen atoms in total. The second kappa shape index (κ2) is 3.38. The number of nitrogens with one attached hydrogen (secondary N) is 1. The number of para-hydroxylation sites is 2. The van der Waals surface area contributed by atoms with Crippen LogP contribution >= 0.6 is 0 Å². The molecule has 4 heteroatoms. The quantitative estimate of drug-likeness (QED) is 0.332. The molecule has 2 aromatic carbocycles. The van der Waals surface area contributed by atoms with Gasteiger partial charge in [-0.2, -0.15) is 0 Å². The van der Waals surface area contributed by atoms with Crippen LogP contribution in [-0.4, -0.2) is 10.2 Å². The zero-order chi connectivity index (χ0) is 13.0. The topological polar surface area (TPSA) is 65.9 Å². The third-order valence-electron chi connectivity index (χ3n) is 3.58. The Morgan fingerprint density at radius 3 is 2.47 bits per heavy atom. The molecule has 0 saturated heterocycles. The van der Waals surface area contributed by atoms with Gasteiger partial charge in [-0.3, -0.25) is 5.21 Å². The van der Waals surface area contributed by atoms with E-state index in [1.807, 2.05) is 48.5 Å². The molecule has 0 atom stereocenters. The lowest BCUT2D eigenvalue weighted by Crippen LogP contribution is -2.32. The Balaban J connectivity index is 2.39. The number of anilines is 1. The van der Waals surface area contributed by atoms with Crippen molar-refractivity contribution in [1.29, 1.82) is 0 Å². The third-order valence-corrected chi connectivity index (χ3v) is 3.58. The highest BCUT2D eigenvalue weighted by Gasteiger charge is 2.23. The number of hydrogen-bond acceptors (Lipinski definition) is 2. The molecule has 0 aliphatic rings. The summed E-state index contributed by atoms with van der Waals surface area (Å²) in [5.74, 6) is 0. The molecule has 19 heavy (non-hydrogen) atoms. The van der Waals surface area contributed by atoms with Gasteiger partial charge < -0.3 is 10.7 Å². The number of pyridine rings is 1. The molecule has 92 valence electrons. The molecule has 0 saturated carbocycles.